The lowest BCUT2D eigenvalue weighted by molar-refractivity contribution is -0.121. The number of hydrogen-bond donors (Lipinski definition) is 4. The number of thiazole rings is 1. The van der Waals surface area contributed by atoms with E-state index in [0.717, 1.165) is 5.56 Å². The highest BCUT2D eigenvalue weighted by molar-refractivity contribution is 7.13. The molecular formula is C22H25N5O5S. The lowest BCUT2D eigenvalue weighted by atomic mass is 10.2. The third-order valence-corrected chi connectivity index (χ3v) is 4.71. The van der Waals surface area contributed by atoms with Gasteiger partial charge in [-0.15, -0.1) is 11.3 Å². The number of amides is 4. The van der Waals surface area contributed by atoms with Crippen LogP contribution in [0.15, 0.2) is 54.2 Å². The van der Waals surface area contributed by atoms with Crippen LogP contribution in [0.25, 0.3) is 10.6 Å². The number of rotatable bonds is 7. The molecule has 4 amide bonds. The van der Waals surface area contributed by atoms with Crippen molar-refractivity contribution in [3.63, 3.8) is 0 Å². The zero-order valence-electron chi connectivity index (χ0n) is 18.7. The van der Waals surface area contributed by atoms with E-state index >= 15 is 0 Å². The van der Waals surface area contributed by atoms with Crippen LogP contribution in [-0.4, -0.2) is 41.4 Å². The molecule has 1 aromatic carbocycles. The fraction of sp³-hybridized carbons (Fsp3) is 0.227. The first-order valence-electron chi connectivity index (χ1n) is 9.68. The minimum Gasteiger partial charge on any atom is -0.444 e. The van der Waals surface area contributed by atoms with Crippen molar-refractivity contribution < 1.29 is 23.9 Å². The number of nitrogens with one attached hydrogen (secondary N) is 4. The molecular weight excluding hydrogens is 446 g/mol. The van der Waals surface area contributed by atoms with Gasteiger partial charge in [-0.3, -0.25) is 19.7 Å². The molecule has 0 saturated carbocycles. The number of nitrogens with zero attached hydrogens (tertiary/aromatic N) is 1. The third kappa shape index (κ3) is 7.58. The Morgan fingerprint density at radius 2 is 1.58 bits per heavy atom. The van der Waals surface area contributed by atoms with Gasteiger partial charge >= 0.3 is 6.09 Å². The summed E-state index contributed by atoms with van der Waals surface area (Å²) in [5.41, 5.74) is 0.308. The maximum atomic E-state index is 12.4. The monoisotopic (exact) mass is 471 g/mol. The first-order chi connectivity index (χ1) is 15.4. The quantitative estimate of drug-likeness (QED) is 0.458. The smallest absolute Gasteiger partial charge is 0.412 e. The lowest BCUT2D eigenvalue weighted by Gasteiger charge is -2.19. The van der Waals surface area contributed by atoms with Gasteiger partial charge in [0.25, 0.3) is 17.7 Å². The zero-order valence-corrected chi connectivity index (χ0v) is 19.5. The van der Waals surface area contributed by atoms with E-state index in [-0.39, 0.29) is 17.1 Å². The molecule has 0 aliphatic carbocycles. The maximum Gasteiger partial charge on any atom is 0.412 e. The molecule has 174 valence electrons. The maximum absolute atomic E-state index is 12.4. The SMILES string of the molecule is C=C(NC(=O)C(=C)NC(=O)c1csc(-c2ccc(NC(=O)OC(C)(C)C)cc2)n1)C(=O)NC. The Hall–Kier alpha value is -3.99. The Labute approximate surface area is 195 Å². The number of ether oxygens (including phenoxy) is 1. The van der Waals surface area contributed by atoms with Gasteiger partial charge in [-0.2, -0.15) is 0 Å². The summed E-state index contributed by atoms with van der Waals surface area (Å²) >= 11 is 1.23. The predicted octanol–water partition coefficient (Wildman–Crippen LogP) is 2.78. The Balaban J connectivity index is 1.98. The molecule has 0 fully saturated rings. The molecule has 0 saturated heterocycles. The molecule has 0 aliphatic heterocycles. The van der Waals surface area contributed by atoms with Crippen LogP contribution in [-0.2, 0) is 14.3 Å². The van der Waals surface area contributed by atoms with Gasteiger partial charge in [0.15, 0.2) is 0 Å². The van der Waals surface area contributed by atoms with E-state index in [1.807, 2.05) is 0 Å². The summed E-state index contributed by atoms with van der Waals surface area (Å²) in [4.78, 5) is 52.0. The molecule has 4 N–H and O–H groups in total. The van der Waals surface area contributed by atoms with E-state index in [1.165, 1.54) is 23.8 Å². The van der Waals surface area contributed by atoms with Gasteiger partial charge in [0.1, 0.15) is 16.3 Å². The van der Waals surface area contributed by atoms with Gasteiger partial charge in [-0.1, -0.05) is 13.2 Å². The highest BCUT2D eigenvalue weighted by atomic mass is 32.1. The molecule has 11 heteroatoms. The molecule has 2 rings (SSSR count). The fourth-order valence-electron chi connectivity index (χ4n) is 2.31. The molecule has 0 spiro atoms. The van der Waals surface area contributed by atoms with Crippen LogP contribution in [0.4, 0.5) is 10.5 Å². The number of carbonyl (C=O) groups excluding carboxylic acids is 4. The van der Waals surface area contributed by atoms with Crippen molar-refractivity contribution in [2.75, 3.05) is 12.4 Å². The Morgan fingerprint density at radius 1 is 0.970 bits per heavy atom. The molecule has 33 heavy (non-hydrogen) atoms. The summed E-state index contributed by atoms with van der Waals surface area (Å²) < 4.78 is 5.21. The summed E-state index contributed by atoms with van der Waals surface area (Å²) in [6, 6.07) is 6.85. The fourth-order valence-corrected chi connectivity index (χ4v) is 3.11. The first-order valence-corrected chi connectivity index (χ1v) is 10.6. The van der Waals surface area contributed by atoms with Gasteiger partial charge in [0.05, 0.1) is 11.4 Å². The minimum absolute atomic E-state index is 0.0880. The number of carbonyl (C=O) groups is 4. The Morgan fingerprint density at radius 3 is 2.15 bits per heavy atom. The van der Waals surface area contributed by atoms with Crippen LogP contribution >= 0.6 is 11.3 Å². The number of hydrogen-bond acceptors (Lipinski definition) is 7. The van der Waals surface area contributed by atoms with E-state index < -0.39 is 29.4 Å². The molecule has 10 nitrogen and oxygen atoms in total. The zero-order chi connectivity index (χ0) is 24.8. The number of benzene rings is 1. The first kappa shape index (κ1) is 25.3. The highest BCUT2D eigenvalue weighted by Crippen LogP contribution is 2.25. The third-order valence-electron chi connectivity index (χ3n) is 3.82. The van der Waals surface area contributed by atoms with Crippen molar-refractivity contribution >= 4 is 40.8 Å². The van der Waals surface area contributed by atoms with Crippen LogP contribution in [0.2, 0.25) is 0 Å². The summed E-state index contributed by atoms with van der Waals surface area (Å²) in [5.74, 6) is -1.98. The molecule has 0 bridgehead atoms. The second-order valence-electron chi connectivity index (χ2n) is 7.69. The molecule has 0 aliphatic rings. The van der Waals surface area contributed by atoms with E-state index in [4.69, 9.17) is 4.74 Å². The van der Waals surface area contributed by atoms with Crippen molar-refractivity contribution in [1.29, 1.82) is 0 Å². The molecule has 1 heterocycles. The standard InChI is InChI=1S/C22H25N5O5S/c1-12(17(28)23-6)24-18(29)13(2)25-19(30)16-11-33-20(27-16)14-7-9-15(10-8-14)26-21(31)32-22(3,4)5/h7-11H,1-2H2,3-6H3,(H,23,28)(H,24,29)(H,25,30)(H,26,31). The van der Waals surface area contributed by atoms with E-state index in [9.17, 15) is 19.2 Å². The van der Waals surface area contributed by atoms with Gasteiger partial charge in [-0.25, -0.2) is 9.78 Å². The largest absolute Gasteiger partial charge is 0.444 e. The summed E-state index contributed by atoms with van der Waals surface area (Å²) in [5, 5.41) is 11.6. The van der Waals surface area contributed by atoms with Gasteiger partial charge < -0.3 is 20.7 Å². The molecule has 0 unspecified atom stereocenters. The number of aromatic nitrogens is 1. The second kappa shape index (κ2) is 10.6. The highest BCUT2D eigenvalue weighted by Gasteiger charge is 2.18. The summed E-state index contributed by atoms with van der Waals surface area (Å²) in [7, 11) is 1.39. The lowest BCUT2D eigenvalue weighted by Crippen LogP contribution is -2.37. The normalized spacial score (nSPS) is 10.5. The number of anilines is 1. The average molecular weight is 472 g/mol. The number of likely N-dealkylation sites (N-methyl/N-ethyl adjacent to an activating group) is 1. The molecule has 2 aromatic rings. The topological polar surface area (TPSA) is 139 Å². The van der Waals surface area contributed by atoms with E-state index in [0.29, 0.717) is 10.7 Å². The van der Waals surface area contributed by atoms with Crippen LogP contribution in [0.3, 0.4) is 0 Å². The average Bonchev–Trinajstić information content (AvgIpc) is 3.22. The van der Waals surface area contributed by atoms with E-state index in [2.05, 4.69) is 39.4 Å². The van der Waals surface area contributed by atoms with Crippen molar-refractivity contribution in [2.24, 2.45) is 0 Å². The minimum atomic E-state index is -0.777. The Bertz CT molecular complexity index is 1100. The van der Waals surface area contributed by atoms with Crippen LogP contribution in [0.1, 0.15) is 31.3 Å². The summed E-state index contributed by atoms with van der Waals surface area (Å²) in [6.45, 7) is 12.2. The van der Waals surface area contributed by atoms with Crippen LogP contribution < -0.4 is 21.3 Å². The second-order valence-corrected chi connectivity index (χ2v) is 8.54. The predicted molar refractivity (Wildman–Crippen MR) is 125 cm³/mol. The Kier molecular flexibility index (Phi) is 8.08. The molecule has 0 atom stereocenters. The van der Waals surface area contributed by atoms with Crippen molar-refractivity contribution in [1.82, 2.24) is 20.9 Å². The van der Waals surface area contributed by atoms with Crippen molar-refractivity contribution in [3.8, 4) is 10.6 Å². The van der Waals surface area contributed by atoms with Crippen LogP contribution in [0, 0.1) is 0 Å². The molecule has 0 radical (unpaired) electrons. The molecule has 1 aromatic heterocycles. The van der Waals surface area contributed by atoms with Gasteiger partial charge in [0, 0.05) is 23.7 Å². The van der Waals surface area contributed by atoms with Crippen molar-refractivity contribution in [3.05, 3.63) is 59.9 Å². The van der Waals surface area contributed by atoms with Gasteiger partial charge in [-0.05, 0) is 45.0 Å². The van der Waals surface area contributed by atoms with Crippen molar-refractivity contribution in [2.45, 2.75) is 26.4 Å². The van der Waals surface area contributed by atoms with Crippen LogP contribution in [0.5, 0.6) is 0 Å². The summed E-state index contributed by atoms with van der Waals surface area (Å²) in [6.07, 6.45) is -0.563. The van der Waals surface area contributed by atoms with E-state index in [1.54, 1.807) is 45.0 Å². The van der Waals surface area contributed by atoms with Gasteiger partial charge in [0.2, 0.25) is 0 Å².